The van der Waals surface area contributed by atoms with E-state index in [1.54, 1.807) is 0 Å². The van der Waals surface area contributed by atoms with Gasteiger partial charge in [-0.1, -0.05) is 0 Å². The van der Waals surface area contributed by atoms with Crippen molar-refractivity contribution < 1.29 is 17.9 Å². The second kappa shape index (κ2) is 4.13. The lowest BCUT2D eigenvalue weighted by atomic mass is 10.1. The first kappa shape index (κ1) is 11.0. The van der Waals surface area contributed by atoms with E-state index in [1.807, 2.05) is 0 Å². The Morgan fingerprint density at radius 1 is 1.36 bits per heavy atom. The summed E-state index contributed by atoms with van der Waals surface area (Å²) in [6, 6.07) is 0. The molecule has 1 saturated heterocycles. The molecule has 1 rings (SSSR count). The highest BCUT2D eigenvalue weighted by Crippen LogP contribution is 2.18. The summed E-state index contributed by atoms with van der Waals surface area (Å²) in [5, 5.41) is 2.85. The summed E-state index contributed by atoms with van der Waals surface area (Å²) < 4.78 is 37.6. The summed E-state index contributed by atoms with van der Waals surface area (Å²) in [6.07, 6.45) is -4.46. The fourth-order valence-corrected chi connectivity index (χ4v) is 0.679. The zero-order valence-corrected chi connectivity index (χ0v) is 6.47. The molecule has 0 spiro atoms. The Hall–Kier alpha value is -0.0000000000000000416. The van der Waals surface area contributed by atoms with E-state index < -0.39 is 6.36 Å². The predicted octanol–water partition coefficient (Wildman–Crippen LogP) is 1.16. The lowest BCUT2D eigenvalue weighted by Gasteiger charge is -2.26. The van der Waals surface area contributed by atoms with E-state index in [2.05, 4.69) is 10.1 Å². The summed E-state index contributed by atoms with van der Waals surface area (Å²) in [5.74, 6) is 0.0432. The minimum Gasteiger partial charge on any atom is -0.316 e. The zero-order valence-electron chi connectivity index (χ0n) is 5.65. The van der Waals surface area contributed by atoms with Crippen LogP contribution in [0, 0.1) is 5.92 Å². The van der Waals surface area contributed by atoms with Crippen molar-refractivity contribution in [1.29, 1.82) is 0 Å². The number of hydrogen-bond donors (Lipinski definition) is 1. The highest BCUT2D eigenvalue weighted by atomic mass is 35.5. The standard InChI is InChI=1S/C5H8F3NO.ClH/c6-5(7,8)10-3-4-1-9-2-4;/h4,9H,1-3H2;1H. The molecule has 1 aliphatic heterocycles. The molecular formula is C5H9ClF3NO. The second-order valence-corrected chi connectivity index (χ2v) is 2.28. The van der Waals surface area contributed by atoms with Crippen molar-refractivity contribution in [3.05, 3.63) is 0 Å². The molecule has 1 aliphatic rings. The molecule has 0 aromatic carbocycles. The molecule has 1 heterocycles. The molecule has 0 aromatic rings. The Balaban J connectivity index is 0.000001000. The molecular weight excluding hydrogens is 183 g/mol. The van der Waals surface area contributed by atoms with Gasteiger partial charge in [0.1, 0.15) is 0 Å². The summed E-state index contributed by atoms with van der Waals surface area (Å²) in [7, 11) is 0. The van der Waals surface area contributed by atoms with Gasteiger partial charge in [0.05, 0.1) is 6.61 Å². The number of rotatable bonds is 2. The molecule has 0 aromatic heterocycles. The van der Waals surface area contributed by atoms with Gasteiger partial charge in [0.15, 0.2) is 0 Å². The molecule has 0 bridgehead atoms. The van der Waals surface area contributed by atoms with Crippen LogP contribution in [0.4, 0.5) is 13.2 Å². The van der Waals surface area contributed by atoms with Crippen molar-refractivity contribution in [3.63, 3.8) is 0 Å². The minimum atomic E-state index is -4.46. The second-order valence-electron chi connectivity index (χ2n) is 2.28. The SMILES string of the molecule is Cl.FC(F)(F)OCC1CNC1. The van der Waals surface area contributed by atoms with E-state index in [-0.39, 0.29) is 24.9 Å². The van der Waals surface area contributed by atoms with E-state index in [0.29, 0.717) is 13.1 Å². The van der Waals surface area contributed by atoms with Crippen LogP contribution in [0.1, 0.15) is 0 Å². The van der Waals surface area contributed by atoms with Crippen LogP contribution < -0.4 is 5.32 Å². The van der Waals surface area contributed by atoms with Crippen LogP contribution in [0.15, 0.2) is 0 Å². The van der Waals surface area contributed by atoms with Crippen LogP contribution in [0.2, 0.25) is 0 Å². The molecule has 0 atom stereocenters. The van der Waals surface area contributed by atoms with Crippen molar-refractivity contribution >= 4 is 12.4 Å². The molecule has 1 fully saturated rings. The quantitative estimate of drug-likeness (QED) is 0.708. The van der Waals surface area contributed by atoms with Crippen molar-refractivity contribution in [3.8, 4) is 0 Å². The summed E-state index contributed by atoms with van der Waals surface area (Å²) in [4.78, 5) is 0. The monoisotopic (exact) mass is 191 g/mol. The maximum atomic E-state index is 11.3. The van der Waals surface area contributed by atoms with Crippen LogP contribution >= 0.6 is 12.4 Å². The third-order valence-electron chi connectivity index (χ3n) is 1.35. The van der Waals surface area contributed by atoms with Gasteiger partial charge in [0, 0.05) is 19.0 Å². The van der Waals surface area contributed by atoms with E-state index in [4.69, 9.17) is 0 Å². The highest BCUT2D eigenvalue weighted by Gasteiger charge is 2.31. The van der Waals surface area contributed by atoms with E-state index in [0.717, 1.165) is 0 Å². The van der Waals surface area contributed by atoms with Crippen molar-refractivity contribution in [2.75, 3.05) is 19.7 Å². The van der Waals surface area contributed by atoms with Gasteiger partial charge in [0.2, 0.25) is 0 Å². The maximum absolute atomic E-state index is 11.3. The van der Waals surface area contributed by atoms with Crippen LogP contribution in [0.3, 0.4) is 0 Å². The number of hydrogen-bond acceptors (Lipinski definition) is 2. The van der Waals surface area contributed by atoms with Crippen molar-refractivity contribution in [1.82, 2.24) is 5.32 Å². The fourth-order valence-electron chi connectivity index (χ4n) is 0.679. The number of ether oxygens (including phenoxy) is 1. The number of alkyl halides is 3. The Bertz CT molecular complexity index is 115. The first-order valence-corrected chi connectivity index (χ1v) is 2.99. The molecule has 11 heavy (non-hydrogen) atoms. The van der Waals surface area contributed by atoms with Crippen molar-refractivity contribution in [2.24, 2.45) is 5.92 Å². The van der Waals surface area contributed by atoms with Gasteiger partial charge in [-0.2, -0.15) is 0 Å². The minimum absolute atomic E-state index is 0. The lowest BCUT2D eigenvalue weighted by molar-refractivity contribution is -0.329. The third-order valence-corrected chi connectivity index (χ3v) is 1.35. The van der Waals surface area contributed by atoms with Crippen LogP contribution in [0.5, 0.6) is 0 Å². The van der Waals surface area contributed by atoms with Gasteiger partial charge >= 0.3 is 6.36 Å². The van der Waals surface area contributed by atoms with E-state index in [1.165, 1.54) is 0 Å². The first-order valence-electron chi connectivity index (χ1n) is 2.99. The summed E-state index contributed by atoms with van der Waals surface area (Å²) in [6.45, 7) is 1.06. The first-order chi connectivity index (χ1) is 4.58. The van der Waals surface area contributed by atoms with Crippen molar-refractivity contribution in [2.45, 2.75) is 6.36 Å². The molecule has 68 valence electrons. The van der Waals surface area contributed by atoms with Crippen LogP contribution in [-0.4, -0.2) is 26.1 Å². The normalized spacial score (nSPS) is 18.8. The fraction of sp³-hybridized carbons (Fsp3) is 1.00. The highest BCUT2D eigenvalue weighted by molar-refractivity contribution is 5.85. The van der Waals surface area contributed by atoms with Crippen LogP contribution in [0.25, 0.3) is 0 Å². The summed E-state index contributed by atoms with van der Waals surface area (Å²) in [5.41, 5.74) is 0. The maximum Gasteiger partial charge on any atom is 0.522 e. The van der Waals surface area contributed by atoms with Gasteiger partial charge in [-0.15, -0.1) is 25.6 Å². The Morgan fingerprint density at radius 3 is 2.18 bits per heavy atom. The molecule has 0 unspecified atom stereocenters. The molecule has 0 saturated carbocycles. The Kier molecular flexibility index (Phi) is 4.13. The van der Waals surface area contributed by atoms with Gasteiger partial charge in [0.25, 0.3) is 0 Å². The average Bonchev–Trinajstić information content (AvgIpc) is 1.56. The Morgan fingerprint density at radius 2 is 1.91 bits per heavy atom. The molecule has 0 radical (unpaired) electrons. The van der Waals surface area contributed by atoms with Crippen LogP contribution in [-0.2, 0) is 4.74 Å². The van der Waals surface area contributed by atoms with Gasteiger partial charge in [-0.05, 0) is 0 Å². The number of halogens is 4. The van der Waals surface area contributed by atoms with E-state index in [9.17, 15) is 13.2 Å². The molecule has 1 N–H and O–H groups in total. The zero-order chi connectivity index (χ0) is 7.61. The molecule has 6 heteroatoms. The molecule has 2 nitrogen and oxygen atoms in total. The van der Waals surface area contributed by atoms with Gasteiger partial charge in [-0.25, -0.2) is 0 Å². The lowest BCUT2D eigenvalue weighted by Crippen LogP contribution is -2.45. The largest absolute Gasteiger partial charge is 0.522 e. The number of nitrogens with one attached hydrogen (secondary N) is 1. The summed E-state index contributed by atoms with van der Waals surface area (Å²) >= 11 is 0. The predicted molar refractivity (Wildman–Crippen MR) is 35.6 cm³/mol. The van der Waals surface area contributed by atoms with Gasteiger partial charge < -0.3 is 5.32 Å². The average molecular weight is 192 g/mol. The molecule has 0 aliphatic carbocycles. The smallest absolute Gasteiger partial charge is 0.316 e. The Labute approximate surface area is 68.5 Å². The van der Waals surface area contributed by atoms with E-state index >= 15 is 0 Å². The van der Waals surface area contributed by atoms with Gasteiger partial charge in [-0.3, -0.25) is 4.74 Å². The molecule has 0 amide bonds. The third kappa shape index (κ3) is 4.44. The topological polar surface area (TPSA) is 21.3 Å².